The number of carbonyl (C=O) groups is 1. The molecule has 3 rings (SSSR count). The van der Waals surface area contributed by atoms with Crippen LogP contribution in [0.5, 0.6) is 11.5 Å². The van der Waals surface area contributed by atoms with Gasteiger partial charge in [0, 0.05) is 33.3 Å². The number of carbonyl (C=O) groups excluding carboxylic acids is 1. The number of sulfonamides is 2. The lowest BCUT2D eigenvalue weighted by molar-refractivity contribution is -0.125. The molecule has 0 saturated carbocycles. The first kappa shape index (κ1) is 31.8. The standard InChI is InChI=1S/C27H39N3O8S2/c1-19(2)15-30(40(35,36)22-11-12-25-26(14-22)38-18-37-25)16-24(31)23(13-21-9-7-6-8-10-21)28-27(32)20(3)17-39(33,34)29(4)5/h6-12,14,19-20,23-24,31H,13,15-18H2,1-5H3,(H,28,32). The maximum atomic E-state index is 13.7. The van der Waals surface area contributed by atoms with E-state index < -0.39 is 49.8 Å². The number of nitrogens with one attached hydrogen (secondary N) is 1. The van der Waals surface area contributed by atoms with Crippen LogP contribution in [0.3, 0.4) is 0 Å². The van der Waals surface area contributed by atoms with Crippen LogP contribution in [0.4, 0.5) is 0 Å². The highest BCUT2D eigenvalue weighted by molar-refractivity contribution is 7.89. The molecule has 40 heavy (non-hydrogen) atoms. The highest BCUT2D eigenvalue weighted by Crippen LogP contribution is 2.35. The van der Waals surface area contributed by atoms with E-state index in [-0.39, 0.29) is 37.1 Å². The second-order valence-corrected chi connectivity index (χ2v) is 14.7. The fourth-order valence-electron chi connectivity index (χ4n) is 4.22. The van der Waals surface area contributed by atoms with E-state index in [2.05, 4.69) is 5.32 Å². The van der Waals surface area contributed by atoms with E-state index in [1.54, 1.807) is 0 Å². The number of hydrogen-bond donors (Lipinski definition) is 2. The zero-order chi connectivity index (χ0) is 29.7. The zero-order valence-corrected chi connectivity index (χ0v) is 25.1. The van der Waals surface area contributed by atoms with Crippen LogP contribution in [0.2, 0.25) is 0 Å². The van der Waals surface area contributed by atoms with Crippen LogP contribution in [-0.4, -0.2) is 88.3 Å². The summed E-state index contributed by atoms with van der Waals surface area (Å²) in [7, 11) is -4.91. The molecule has 1 aliphatic heterocycles. The first-order valence-corrected chi connectivity index (χ1v) is 16.1. The summed E-state index contributed by atoms with van der Waals surface area (Å²) in [4.78, 5) is 13.1. The third kappa shape index (κ3) is 8.16. The Hall–Kier alpha value is -2.71. The van der Waals surface area contributed by atoms with Gasteiger partial charge in [-0.05, 0) is 30.0 Å². The molecular formula is C27H39N3O8S2. The van der Waals surface area contributed by atoms with Crippen molar-refractivity contribution in [2.24, 2.45) is 11.8 Å². The Morgan fingerprint density at radius 2 is 1.62 bits per heavy atom. The van der Waals surface area contributed by atoms with Crippen molar-refractivity contribution < 1.29 is 36.2 Å². The summed E-state index contributed by atoms with van der Waals surface area (Å²) >= 11 is 0. The average Bonchev–Trinajstić information content (AvgIpc) is 3.36. The molecule has 222 valence electrons. The number of fused-ring (bicyclic) bond motifs is 1. The number of benzene rings is 2. The Balaban J connectivity index is 1.86. The van der Waals surface area contributed by atoms with Gasteiger partial charge in [-0.1, -0.05) is 51.1 Å². The molecule has 2 aromatic rings. The van der Waals surface area contributed by atoms with Gasteiger partial charge in [-0.2, -0.15) is 4.31 Å². The molecule has 1 aliphatic rings. The van der Waals surface area contributed by atoms with Crippen molar-refractivity contribution >= 4 is 26.0 Å². The molecule has 3 unspecified atom stereocenters. The number of ether oxygens (including phenoxy) is 2. The van der Waals surface area contributed by atoms with Gasteiger partial charge in [0.1, 0.15) is 0 Å². The van der Waals surface area contributed by atoms with Gasteiger partial charge < -0.3 is 19.9 Å². The smallest absolute Gasteiger partial charge is 0.243 e. The molecule has 0 bridgehead atoms. The average molecular weight is 598 g/mol. The van der Waals surface area contributed by atoms with Crippen molar-refractivity contribution in [3.8, 4) is 11.5 Å². The van der Waals surface area contributed by atoms with Gasteiger partial charge in [0.2, 0.25) is 32.7 Å². The summed E-state index contributed by atoms with van der Waals surface area (Å²) in [5, 5.41) is 14.2. The Bertz CT molecular complexity index is 1370. The SMILES string of the molecule is CC(C)CN(CC(O)C(Cc1ccccc1)NC(=O)C(C)CS(=O)(=O)N(C)C)S(=O)(=O)c1ccc2c(c1)OCO2. The molecule has 3 atom stereocenters. The van der Waals surface area contributed by atoms with Crippen LogP contribution in [-0.2, 0) is 31.3 Å². The molecular weight excluding hydrogens is 558 g/mol. The predicted octanol–water partition coefficient (Wildman–Crippen LogP) is 1.68. The molecule has 13 heteroatoms. The molecule has 2 N–H and O–H groups in total. The van der Waals surface area contributed by atoms with Gasteiger partial charge in [0.25, 0.3) is 0 Å². The van der Waals surface area contributed by atoms with Gasteiger partial charge in [-0.25, -0.2) is 21.1 Å². The largest absolute Gasteiger partial charge is 0.454 e. The quantitative estimate of drug-likeness (QED) is 0.335. The second kappa shape index (κ2) is 13.3. The van der Waals surface area contributed by atoms with Gasteiger partial charge in [-0.3, -0.25) is 4.79 Å². The summed E-state index contributed by atoms with van der Waals surface area (Å²) in [5.74, 6) is -1.15. The lowest BCUT2D eigenvalue weighted by Gasteiger charge is -2.31. The van der Waals surface area contributed by atoms with Crippen molar-refractivity contribution in [2.45, 2.75) is 44.2 Å². The molecule has 0 fully saturated rings. The van der Waals surface area contributed by atoms with Crippen LogP contribution in [0.15, 0.2) is 53.4 Å². The molecule has 2 aromatic carbocycles. The highest BCUT2D eigenvalue weighted by atomic mass is 32.2. The van der Waals surface area contributed by atoms with Gasteiger partial charge in [0.05, 0.1) is 28.7 Å². The number of amides is 1. The van der Waals surface area contributed by atoms with E-state index in [1.807, 2.05) is 44.2 Å². The topological polar surface area (TPSA) is 143 Å². The minimum atomic E-state index is -4.06. The monoisotopic (exact) mass is 597 g/mol. The van der Waals surface area contributed by atoms with E-state index in [9.17, 15) is 26.7 Å². The number of aliphatic hydroxyl groups excluding tert-OH is 1. The Morgan fingerprint density at radius 3 is 2.25 bits per heavy atom. The van der Waals surface area contributed by atoms with E-state index in [0.29, 0.717) is 11.5 Å². The summed E-state index contributed by atoms with van der Waals surface area (Å²) in [5.41, 5.74) is 0.814. The number of rotatable bonds is 14. The number of aliphatic hydroxyl groups is 1. The summed E-state index contributed by atoms with van der Waals surface area (Å²) < 4.78 is 64.9. The maximum absolute atomic E-state index is 13.7. The Labute approximate surface area is 237 Å². The summed E-state index contributed by atoms with van der Waals surface area (Å²) in [6, 6.07) is 12.6. The van der Waals surface area contributed by atoms with Crippen molar-refractivity contribution in [1.29, 1.82) is 0 Å². The van der Waals surface area contributed by atoms with Gasteiger partial charge >= 0.3 is 0 Å². The first-order valence-electron chi connectivity index (χ1n) is 13.0. The molecule has 0 saturated heterocycles. The fraction of sp³-hybridized carbons (Fsp3) is 0.519. The van der Waals surface area contributed by atoms with E-state index in [1.165, 1.54) is 43.5 Å². The van der Waals surface area contributed by atoms with Crippen LogP contribution >= 0.6 is 0 Å². The third-order valence-electron chi connectivity index (χ3n) is 6.50. The second-order valence-electron chi connectivity index (χ2n) is 10.6. The van der Waals surface area contributed by atoms with E-state index >= 15 is 0 Å². The van der Waals surface area contributed by atoms with E-state index in [4.69, 9.17) is 9.47 Å². The van der Waals surface area contributed by atoms with Crippen molar-refractivity contribution in [3.63, 3.8) is 0 Å². The minimum Gasteiger partial charge on any atom is -0.454 e. The van der Waals surface area contributed by atoms with Gasteiger partial charge in [-0.15, -0.1) is 0 Å². The molecule has 11 nitrogen and oxygen atoms in total. The predicted molar refractivity (Wildman–Crippen MR) is 151 cm³/mol. The molecule has 0 aromatic heterocycles. The van der Waals surface area contributed by atoms with Crippen LogP contribution in [0.1, 0.15) is 26.3 Å². The summed E-state index contributed by atoms with van der Waals surface area (Å²) in [6.07, 6.45) is -1.09. The van der Waals surface area contributed by atoms with Crippen molar-refractivity contribution in [3.05, 3.63) is 54.1 Å². The van der Waals surface area contributed by atoms with Crippen molar-refractivity contribution in [2.75, 3.05) is 39.7 Å². The van der Waals surface area contributed by atoms with Crippen LogP contribution in [0, 0.1) is 11.8 Å². The maximum Gasteiger partial charge on any atom is 0.243 e. The van der Waals surface area contributed by atoms with Gasteiger partial charge in [0.15, 0.2) is 11.5 Å². The lowest BCUT2D eigenvalue weighted by Crippen LogP contribution is -2.52. The first-order chi connectivity index (χ1) is 18.7. The number of nitrogens with zero attached hydrogens (tertiary/aromatic N) is 2. The Kier molecular flexibility index (Phi) is 10.6. The lowest BCUT2D eigenvalue weighted by atomic mass is 10.00. The normalized spacial score (nSPS) is 15.8. The third-order valence-corrected chi connectivity index (χ3v) is 10.4. The number of hydrogen-bond acceptors (Lipinski definition) is 8. The Morgan fingerprint density at radius 1 is 0.975 bits per heavy atom. The summed E-state index contributed by atoms with van der Waals surface area (Å²) in [6.45, 7) is 5.06. The van der Waals surface area contributed by atoms with Crippen molar-refractivity contribution in [1.82, 2.24) is 13.9 Å². The molecule has 0 radical (unpaired) electrons. The highest BCUT2D eigenvalue weighted by Gasteiger charge is 2.33. The molecule has 0 spiro atoms. The fourth-order valence-corrected chi connectivity index (χ4v) is 6.94. The van der Waals surface area contributed by atoms with Crippen LogP contribution in [0.25, 0.3) is 0 Å². The zero-order valence-electron chi connectivity index (χ0n) is 23.5. The van der Waals surface area contributed by atoms with E-state index in [0.717, 1.165) is 9.87 Å². The molecule has 1 amide bonds. The molecule has 0 aliphatic carbocycles. The molecule has 1 heterocycles. The van der Waals surface area contributed by atoms with Crippen LogP contribution < -0.4 is 14.8 Å². The minimum absolute atomic E-state index is 0.00237.